The highest BCUT2D eigenvalue weighted by atomic mass is 19.4. The van der Waals surface area contributed by atoms with Crippen LogP contribution in [-0.2, 0) is 6.18 Å². The van der Waals surface area contributed by atoms with E-state index >= 15 is 0 Å². The smallest absolute Gasteiger partial charge is 0.416 e. The van der Waals surface area contributed by atoms with Gasteiger partial charge in [0.15, 0.2) is 0 Å². The summed E-state index contributed by atoms with van der Waals surface area (Å²) in [5.74, 6) is -0.385. The van der Waals surface area contributed by atoms with Crippen LogP contribution in [0, 0.1) is 0 Å². The quantitative estimate of drug-likeness (QED) is 0.888. The van der Waals surface area contributed by atoms with Crippen molar-refractivity contribution in [3.8, 4) is 5.75 Å². The molecule has 1 N–H and O–H groups in total. The van der Waals surface area contributed by atoms with E-state index in [0.717, 1.165) is 24.3 Å². The van der Waals surface area contributed by atoms with Crippen molar-refractivity contribution in [2.45, 2.75) is 6.18 Å². The minimum Gasteiger partial charge on any atom is -0.491 e. The summed E-state index contributed by atoms with van der Waals surface area (Å²) in [5, 5.41) is 2.58. The maximum atomic E-state index is 12.6. The first-order chi connectivity index (χ1) is 12.3. The molecular weight excluding hydrogens is 349 g/mol. The first kappa shape index (κ1) is 17.8. The standard InChI is InChI=1S/C18H15F3N2O3/c1-23-8-9-26-15-7-6-13(10-14(15)17(23)25)22-16(24)11-2-4-12(5-3-11)18(19,20)21/h2-7,10H,8-9H2,1H3,(H,22,24). The molecule has 0 saturated heterocycles. The van der Waals surface area contributed by atoms with Gasteiger partial charge in [0.05, 0.1) is 17.7 Å². The second kappa shape index (κ2) is 6.70. The number of carbonyl (C=O) groups excluding carboxylic acids is 2. The van der Waals surface area contributed by atoms with Gasteiger partial charge in [-0.15, -0.1) is 0 Å². The number of anilines is 1. The Kier molecular flexibility index (Phi) is 4.58. The van der Waals surface area contributed by atoms with Gasteiger partial charge in [-0.2, -0.15) is 13.2 Å². The lowest BCUT2D eigenvalue weighted by Crippen LogP contribution is -2.27. The molecule has 0 atom stereocenters. The molecule has 0 bridgehead atoms. The van der Waals surface area contributed by atoms with Crippen molar-refractivity contribution < 1.29 is 27.5 Å². The summed E-state index contributed by atoms with van der Waals surface area (Å²) < 4.78 is 43.2. The van der Waals surface area contributed by atoms with E-state index in [2.05, 4.69) is 5.32 Å². The topological polar surface area (TPSA) is 58.6 Å². The van der Waals surface area contributed by atoms with Gasteiger partial charge in [0.1, 0.15) is 12.4 Å². The Morgan fingerprint density at radius 3 is 2.50 bits per heavy atom. The van der Waals surface area contributed by atoms with Crippen molar-refractivity contribution in [3.05, 3.63) is 59.2 Å². The van der Waals surface area contributed by atoms with Gasteiger partial charge in [-0.25, -0.2) is 0 Å². The number of likely N-dealkylation sites (N-methyl/N-ethyl adjacent to an activating group) is 1. The molecule has 1 aliphatic heterocycles. The number of amides is 2. The molecule has 0 unspecified atom stereocenters. The minimum absolute atomic E-state index is 0.0765. The molecule has 2 aromatic carbocycles. The van der Waals surface area contributed by atoms with Gasteiger partial charge in [-0.1, -0.05) is 0 Å². The lowest BCUT2D eigenvalue weighted by molar-refractivity contribution is -0.137. The summed E-state index contributed by atoms with van der Waals surface area (Å²) in [7, 11) is 1.65. The van der Waals surface area contributed by atoms with Crippen LogP contribution in [0.15, 0.2) is 42.5 Å². The molecule has 0 aliphatic carbocycles. The number of benzene rings is 2. The number of rotatable bonds is 2. The van der Waals surface area contributed by atoms with E-state index in [4.69, 9.17) is 4.74 Å². The first-order valence-corrected chi connectivity index (χ1v) is 7.76. The van der Waals surface area contributed by atoms with Crippen LogP contribution in [0.5, 0.6) is 5.75 Å². The summed E-state index contributed by atoms with van der Waals surface area (Å²) >= 11 is 0. The van der Waals surface area contributed by atoms with E-state index in [9.17, 15) is 22.8 Å². The third kappa shape index (κ3) is 3.63. The molecule has 0 saturated carbocycles. The lowest BCUT2D eigenvalue weighted by Gasteiger charge is -2.13. The highest BCUT2D eigenvalue weighted by Crippen LogP contribution is 2.29. The average Bonchev–Trinajstić information content (AvgIpc) is 2.74. The maximum Gasteiger partial charge on any atom is 0.416 e. The predicted molar refractivity (Wildman–Crippen MR) is 88.3 cm³/mol. The number of nitrogens with zero attached hydrogens (tertiary/aromatic N) is 1. The van der Waals surface area contributed by atoms with Gasteiger partial charge < -0.3 is 15.0 Å². The van der Waals surface area contributed by atoms with Gasteiger partial charge in [-0.05, 0) is 42.5 Å². The van der Waals surface area contributed by atoms with Crippen LogP contribution in [0.4, 0.5) is 18.9 Å². The Morgan fingerprint density at radius 1 is 1.15 bits per heavy atom. The molecule has 1 heterocycles. The molecule has 5 nitrogen and oxygen atoms in total. The van der Waals surface area contributed by atoms with E-state index < -0.39 is 17.6 Å². The first-order valence-electron chi connectivity index (χ1n) is 7.76. The second-order valence-corrected chi connectivity index (χ2v) is 5.82. The van der Waals surface area contributed by atoms with Crippen molar-refractivity contribution in [1.29, 1.82) is 0 Å². The molecule has 0 spiro atoms. The van der Waals surface area contributed by atoms with E-state index in [0.29, 0.717) is 30.2 Å². The highest BCUT2D eigenvalue weighted by molar-refractivity contribution is 6.05. The zero-order valence-corrected chi connectivity index (χ0v) is 13.8. The van der Waals surface area contributed by atoms with Crippen LogP contribution in [0.1, 0.15) is 26.3 Å². The third-order valence-corrected chi connectivity index (χ3v) is 3.97. The molecule has 1 aliphatic rings. The summed E-state index contributed by atoms with van der Waals surface area (Å²) in [6.45, 7) is 0.813. The zero-order chi connectivity index (χ0) is 18.9. The fourth-order valence-corrected chi connectivity index (χ4v) is 2.51. The minimum atomic E-state index is -4.46. The molecule has 0 aromatic heterocycles. The van der Waals surface area contributed by atoms with Crippen molar-refractivity contribution >= 4 is 17.5 Å². The van der Waals surface area contributed by atoms with Crippen LogP contribution in [0.25, 0.3) is 0 Å². The Hall–Kier alpha value is -3.03. The van der Waals surface area contributed by atoms with Crippen LogP contribution >= 0.6 is 0 Å². The van der Waals surface area contributed by atoms with Crippen molar-refractivity contribution in [2.24, 2.45) is 0 Å². The molecule has 0 fully saturated rings. The number of hydrogen-bond donors (Lipinski definition) is 1. The fraction of sp³-hybridized carbons (Fsp3) is 0.222. The van der Waals surface area contributed by atoms with E-state index in [1.165, 1.54) is 11.0 Å². The molecule has 136 valence electrons. The predicted octanol–water partition coefficient (Wildman–Crippen LogP) is 3.42. The molecule has 8 heteroatoms. The number of carbonyl (C=O) groups is 2. The number of nitrogens with one attached hydrogen (secondary N) is 1. The van der Waals surface area contributed by atoms with Crippen LogP contribution in [-0.4, -0.2) is 36.9 Å². The van der Waals surface area contributed by atoms with E-state index in [-0.39, 0.29) is 11.5 Å². The Morgan fingerprint density at radius 2 is 1.85 bits per heavy atom. The molecule has 0 radical (unpaired) electrons. The summed E-state index contributed by atoms with van der Waals surface area (Å²) in [6, 6.07) is 8.53. The van der Waals surface area contributed by atoms with Crippen molar-refractivity contribution in [3.63, 3.8) is 0 Å². The third-order valence-electron chi connectivity index (χ3n) is 3.97. The molecular formula is C18H15F3N2O3. The molecule has 2 aromatic rings. The van der Waals surface area contributed by atoms with Gasteiger partial charge in [0.2, 0.25) is 0 Å². The number of hydrogen-bond acceptors (Lipinski definition) is 3. The summed E-state index contributed by atoms with van der Waals surface area (Å²) in [5.41, 5.74) is -0.0892. The van der Waals surface area contributed by atoms with Crippen molar-refractivity contribution in [2.75, 3.05) is 25.5 Å². The number of ether oxygens (including phenoxy) is 1. The maximum absolute atomic E-state index is 12.6. The summed E-state index contributed by atoms with van der Waals surface area (Å²) in [6.07, 6.45) is -4.46. The van der Waals surface area contributed by atoms with Gasteiger partial charge >= 0.3 is 6.18 Å². The van der Waals surface area contributed by atoms with E-state index in [1.807, 2.05) is 0 Å². The van der Waals surface area contributed by atoms with Gasteiger partial charge in [0, 0.05) is 18.3 Å². The number of fused-ring (bicyclic) bond motifs is 1. The van der Waals surface area contributed by atoms with Crippen LogP contribution < -0.4 is 10.1 Å². The highest BCUT2D eigenvalue weighted by Gasteiger charge is 2.30. The molecule has 2 amide bonds. The number of halogens is 3. The van der Waals surface area contributed by atoms with Crippen molar-refractivity contribution in [1.82, 2.24) is 4.90 Å². The SMILES string of the molecule is CN1CCOc2ccc(NC(=O)c3ccc(C(F)(F)F)cc3)cc2C1=O. The average molecular weight is 364 g/mol. The largest absolute Gasteiger partial charge is 0.491 e. The van der Waals surface area contributed by atoms with Gasteiger partial charge in [0.25, 0.3) is 11.8 Å². The van der Waals surface area contributed by atoms with Crippen LogP contribution in [0.3, 0.4) is 0 Å². The van der Waals surface area contributed by atoms with Crippen LogP contribution in [0.2, 0.25) is 0 Å². The lowest BCUT2D eigenvalue weighted by atomic mass is 10.1. The summed E-state index contributed by atoms with van der Waals surface area (Å²) in [4.78, 5) is 26.0. The van der Waals surface area contributed by atoms with Gasteiger partial charge in [-0.3, -0.25) is 9.59 Å². The second-order valence-electron chi connectivity index (χ2n) is 5.82. The Labute approximate surface area is 147 Å². The Bertz CT molecular complexity index is 848. The molecule has 3 rings (SSSR count). The monoisotopic (exact) mass is 364 g/mol. The zero-order valence-electron chi connectivity index (χ0n) is 13.8. The molecule has 26 heavy (non-hydrogen) atoms. The fourth-order valence-electron chi connectivity index (χ4n) is 2.51. The normalized spacial score (nSPS) is 14.3. The Balaban J connectivity index is 1.80. The van der Waals surface area contributed by atoms with E-state index in [1.54, 1.807) is 19.2 Å². The number of alkyl halides is 3.